The molecule has 6 heteroatoms. The molecular formula is C21H26ClNO4. The van der Waals surface area contributed by atoms with Crippen molar-refractivity contribution in [2.45, 2.75) is 61.7 Å². The van der Waals surface area contributed by atoms with E-state index in [2.05, 4.69) is 11.9 Å². The summed E-state index contributed by atoms with van der Waals surface area (Å²) >= 11 is 0. The van der Waals surface area contributed by atoms with Crippen LogP contribution in [0.25, 0.3) is 0 Å². The summed E-state index contributed by atoms with van der Waals surface area (Å²) in [4.78, 5) is 15.4. The molecule has 0 bridgehead atoms. The van der Waals surface area contributed by atoms with Crippen LogP contribution in [0.15, 0.2) is 12.1 Å². The monoisotopic (exact) mass is 391 g/mol. The van der Waals surface area contributed by atoms with Crippen LogP contribution in [0, 0.1) is 5.92 Å². The maximum absolute atomic E-state index is 12.9. The van der Waals surface area contributed by atoms with Gasteiger partial charge in [-0.25, -0.2) is 0 Å². The van der Waals surface area contributed by atoms with E-state index in [1.807, 2.05) is 6.07 Å². The molecule has 1 saturated heterocycles. The molecule has 3 aliphatic carbocycles. The van der Waals surface area contributed by atoms with Gasteiger partial charge in [0.2, 0.25) is 0 Å². The molecule has 1 N–H and O–H groups in total. The molecule has 5 aliphatic rings. The van der Waals surface area contributed by atoms with Crippen molar-refractivity contribution < 1.29 is 19.4 Å². The van der Waals surface area contributed by atoms with E-state index in [0.717, 1.165) is 37.3 Å². The summed E-state index contributed by atoms with van der Waals surface area (Å²) in [6, 6.07) is 4.02. The van der Waals surface area contributed by atoms with Gasteiger partial charge < -0.3 is 14.6 Å². The van der Waals surface area contributed by atoms with E-state index in [4.69, 9.17) is 9.47 Å². The second-order valence-electron chi connectivity index (χ2n) is 8.97. The molecular weight excluding hydrogens is 366 g/mol. The van der Waals surface area contributed by atoms with E-state index in [0.29, 0.717) is 18.8 Å². The highest BCUT2D eigenvalue weighted by Gasteiger charge is 2.74. The Hall–Kier alpha value is -1.30. The van der Waals surface area contributed by atoms with Gasteiger partial charge in [0.15, 0.2) is 23.4 Å². The number of carbonyl (C=O) groups excluding carboxylic acids is 1. The lowest BCUT2D eigenvalue weighted by Crippen LogP contribution is -2.71. The molecule has 27 heavy (non-hydrogen) atoms. The molecule has 3 fully saturated rings. The van der Waals surface area contributed by atoms with Crippen LogP contribution < -0.4 is 4.74 Å². The lowest BCUT2D eigenvalue weighted by atomic mass is 9.52. The normalized spacial score (nSPS) is 38.2. The zero-order valence-corrected chi connectivity index (χ0v) is 16.4. The Morgan fingerprint density at radius 1 is 1.30 bits per heavy atom. The third-order valence-corrected chi connectivity index (χ3v) is 7.73. The van der Waals surface area contributed by atoms with E-state index in [9.17, 15) is 9.90 Å². The van der Waals surface area contributed by atoms with Gasteiger partial charge >= 0.3 is 0 Å². The zero-order chi connectivity index (χ0) is 17.7. The maximum Gasteiger partial charge on any atom is 0.174 e. The SMILES string of the molecule is CN(CC1CC1)[C@@H]1Cc2ccc(O)c3c2[C@]24CCO[C@]12CCC(=O)[C@@H]4O3.Cl. The highest BCUT2D eigenvalue weighted by atomic mass is 35.5. The van der Waals surface area contributed by atoms with Crippen molar-refractivity contribution in [2.75, 3.05) is 20.2 Å². The van der Waals surface area contributed by atoms with E-state index in [-0.39, 0.29) is 35.6 Å². The maximum atomic E-state index is 12.9. The number of hydrogen-bond donors (Lipinski definition) is 1. The molecule has 0 unspecified atom stereocenters. The van der Waals surface area contributed by atoms with Gasteiger partial charge in [0, 0.05) is 31.2 Å². The second-order valence-corrected chi connectivity index (χ2v) is 8.97. The number of ketones is 1. The van der Waals surface area contributed by atoms with Crippen molar-refractivity contribution in [3.8, 4) is 11.5 Å². The molecule has 2 aliphatic heterocycles. The Morgan fingerprint density at radius 2 is 2.11 bits per heavy atom. The van der Waals surface area contributed by atoms with Gasteiger partial charge in [-0.2, -0.15) is 0 Å². The van der Waals surface area contributed by atoms with E-state index in [1.54, 1.807) is 6.07 Å². The molecule has 4 atom stereocenters. The number of phenolic OH excluding ortho intramolecular Hbond substituents is 1. The number of phenols is 1. The largest absolute Gasteiger partial charge is 0.504 e. The Balaban J connectivity index is 0.00000160. The standard InChI is InChI=1S/C21H25NO4.ClH/c1-22(11-12-2-3-12)16-10-13-4-5-14(23)18-17(13)20-8-9-25-21(16,20)7-6-15(24)19(20)26-18;/h4-5,12,16,19,23H,2-3,6-11H2,1H3;1H/t16-,19+,20+,21-;/m1./s1. The van der Waals surface area contributed by atoms with Crippen molar-refractivity contribution >= 4 is 18.2 Å². The fourth-order valence-electron chi connectivity index (χ4n) is 6.52. The predicted molar refractivity (Wildman–Crippen MR) is 102 cm³/mol. The summed E-state index contributed by atoms with van der Waals surface area (Å²) in [6.45, 7) is 1.76. The van der Waals surface area contributed by atoms with Crippen molar-refractivity contribution in [2.24, 2.45) is 5.92 Å². The zero-order valence-electron chi connectivity index (χ0n) is 15.6. The minimum absolute atomic E-state index is 0. The predicted octanol–water partition coefficient (Wildman–Crippen LogP) is 2.60. The molecule has 1 spiro atoms. The molecule has 2 heterocycles. The molecule has 0 aromatic heterocycles. The first kappa shape index (κ1) is 17.8. The van der Waals surface area contributed by atoms with Gasteiger partial charge in [0.05, 0.1) is 11.0 Å². The van der Waals surface area contributed by atoms with Crippen molar-refractivity contribution in [1.29, 1.82) is 0 Å². The Labute approximate surface area is 165 Å². The van der Waals surface area contributed by atoms with Crippen LogP contribution in [-0.4, -0.2) is 53.7 Å². The van der Waals surface area contributed by atoms with Crippen molar-refractivity contribution in [3.05, 3.63) is 23.3 Å². The number of ether oxygens (including phenoxy) is 2. The molecule has 0 amide bonds. The number of Topliss-reactive ketones (excluding diaryl/α,β-unsaturated/α-hetero) is 1. The Bertz CT molecular complexity index is 825. The summed E-state index contributed by atoms with van der Waals surface area (Å²) in [7, 11) is 2.22. The van der Waals surface area contributed by atoms with Gasteiger partial charge in [0.25, 0.3) is 0 Å². The number of hydrogen-bond acceptors (Lipinski definition) is 5. The van der Waals surface area contributed by atoms with Gasteiger partial charge in [-0.1, -0.05) is 6.07 Å². The first-order chi connectivity index (χ1) is 12.6. The fraction of sp³-hybridized carbons (Fsp3) is 0.667. The highest BCUT2D eigenvalue weighted by Crippen LogP contribution is 2.66. The first-order valence-corrected chi connectivity index (χ1v) is 9.96. The third kappa shape index (κ3) is 2.00. The summed E-state index contributed by atoms with van der Waals surface area (Å²) in [5, 5.41) is 10.4. The lowest BCUT2D eigenvalue weighted by molar-refractivity contribution is -0.158. The number of benzene rings is 1. The Kier molecular flexibility index (Phi) is 3.70. The number of rotatable bonds is 3. The number of likely N-dealkylation sites (N-methyl/N-ethyl adjacent to an activating group) is 1. The van der Waals surface area contributed by atoms with Crippen LogP contribution in [0.5, 0.6) is 11.5 Å². The molecule has 0 radical (unpaired) electrons. The topological polar surface area (TPSA) is 59.0 Å². The van der Waals surface area contributed by atoms with Crippen LogP contribution >= 0.6 is 12.4 Å². The van der Waals surface area contributed by atoms with Crippen LogP contribution in [0.1, 0.15) is 43.2 Å². The van der Waals surface area contributed by atoms with E-state index < -0.39 is 11.5 Å². The average molecular weight is 392 g/mol. The van der Waals surface area contributed by atoms with Crippen molar-refractivity contribution in [1.82, 2.24) is 4.90 Å². The van der Waals surface area contributed by atoms with Crippen LogP contribution in [0.3, 0.4) is 0 Å². The van der Waals surface area contributed by atoms with Gasteiger partial charge in [-0.15, -0.1) is 12.4 Å². The molecule has 146 valence electrons. The van der Waals surface area contributed by atoms with Crippen LogP contribution in [0.2, 0.25) is 0 Å². The lowest BCUT2D eigenvalue weighted by Gasteiger charge is -2.56. The first-order valence-electron chi connectivity index (χ1n) is 9.96. The van der Waals surface area contributed by atoms with Crippen molar-refractivity contribution in [3.63, 3.8) is 0 Å². The van der Waals surface area contributed by atoms with Gasteiger partial charge in [0.1, 0.15) is 0 Å². The third-order valence-electron chi connectivity index (χ3n) is 7.73. The second kappa shape index (κ2) is 5.62. The highest BCUT2D eigenvalue weighted by molar-refractivity contribution is 5.90. The number of carbonyl (C=O) groups is 1. The average Bonchev–Trinajstić information content (AvgIpc) is 3.22. The fourth-order valence-corrected chi connectivity index (χ4v) is 6.52. The minimum Gasteiger partial charge on any atom is -0.504 e. The smallest absolute Gasteiger partial charge is 0.174 e. The Morgan fingerprint density at radius 3 is 2.89 bits per heavy atom. The molecule has 6 rings (SSSR count). The van der Waals surface area contributed by atoms with Gasteiger partial charge in [-0.05, 0) is 56.7 Å². The number of halogens is 1. The molecule has 5 nitrogen and oxygen atoms in total. The minimum atomic E-state index is -0.502. The van der Waals surface area contributed by atoms with Gasteiger partial charge in [-0.3, -0.25) is 9.69 Å². The van der Waals surface area contributed by atoms with E-state index >= 15 is 0 Å². The number of nitrogens with zero attached hydrogens (tertiary/aromatic N) is 1. The molecule has 1 aromatic carbocycles. The van der Waals surface area contributed by atoms with E-state index in [1.165, 1.54) is 18.4 Å². The summed E-state index contributed by atoms with van der Waals surface area (Å²) in [5.41, 5.74) is 1.50. The molecule has 1 aromatic rings. The number of aromatic hydroxyl groups is 1. The van der Waals surface area contributed by atoms with Crippen LogP contribution in [0.4, 0.5) is 0 Å². The summed E-state index contributed by atoms with van der Waals surface area (Å²) in [5.74, 6) is 1.68. The summed E-state index contributed by atoms with van der Waals surface area (Å²) < 4.78 is 12.7. The summed E-state index contributed by atoms with van der Waals surface area (Å²) in [6.07, 6.45) is 5.13. The molecule has 2 saturated carbocycles. The quantitative estimate of drug-likeness (QED) is 0.858. The van der Waals surface area contributed by atoms with Crippen LogP contribution in [-0.2, 0) is 21.4 Å².